The lowest BCUT2D eigenvalue weighted by atomic mass is 9.87. The van der Waals surface area contributed by atoms with E-state index in [0.717, 1.165) is 52.0 Å². The number of likely N-dealkylation sites (tertiary alicyclic amines) is 1. The summed E-state index contributed by atoms with van der Waals surface area (Å²) in [6, 6.07) is 1.17. The Kier molecular flexibility index (Phi) is 4.20. The molecule has 2 aliphatic heterocycles. The Balaban J connectivity index is 1.64. The zero-order chi connectivity index (χ0) is 15.8. The zero-order valence-corrected chi connectivity index (χ0v) is 12.8. The third kappa shape index (κ3) is 3.46. The lowest BCUT2D eigenvalue weighted by Crippen LogP contribution is -2.42. The molecule has 2 N–H and O–H groups in total. The van der Waals surface area contributed by atoms with Crippen LogP contribution in [0.5, 0.6) is 0 Å². The van der Waals surface area contributed by atoms with E-state index in [2.05, 4.69) is 27.3 Å². The van der Waals surface area contributed by atoms with Gasteiger partial charge >= 0.3 is 6.18 Å². The Morgan fingerprint density at radius 3 is 2.91 bits per heavy atom. The number of aromatic nitrogens is 2. The normalized spacial score (nSPS) is 30.8. The van der Waals surface area contributed by atoms with Crippen molar-refractivity contribution in [1.82, 2.24) is 20.4 Å². The molecular formula is C15H23F3N4. The maximum Gasteiger partial charge on any atom is 0.435 e. The van der Waals surface area contributed by atoms with Crippen LogP contribution < -0.4 is 5.32 Å². The minimum Gasteiger partial charge on any atom is -0.316 e. The highest BCUT2D eigenvalue weighted by Gasteiger charge is 2.36. The summed E-state index contributed by atoms with van der Waals surface area (Å²) in [7, 11) is 0. The molecule has 1 aromatic rings. The summed E-state index contributed by atoms with van der Waals surface area (Å²) in [4.78, 5) is 2.40. The quantitative estimate of drug-likeness (QED) is 0.901. The number of halogens is 3. The predicted molar refractivity (Wildman–Crippen MR) is 77.6 cm³/mol. The summed E-state index contributed by atoms with van der Waals surface area (Å²) in [5.74, 6) is 0.121. The van der Waals surface area contributed by atoms with Gasteiger partial charge in [-0.25, -0.2) is 0 Å². The van der Waals surface area contributed by atoms with Crippen LogP contribution in [0.4, 0.5) is 13.2 Å². The lowest BCUT2D eigenvalue weighted by Gasteiger charge is -2.37. The molecule has 0 bridgehead atoms. The van der Waals surface area contributed by atoms with E-state index in [9.17, 15) is 13.2 Å². The molecule has 0 aromatic carbocycles. The average Bonchev–Trinajstić information content (AvgIpc) is 3.07. The Morgan fingerprint density at radius 1 is 1.45 bits per heavy atom. The molecule has 2 fully saturated rings. The first kappa shape index (κ1) is 15.8. The molecule has 4 nitrogen and oxygen atoms in total. The van der Waals surface area contributed by atoms with E-state index in [0.29, 0.717) is 5.69 Å². The first-order valence-corrected chi connectivity index (χ1v) is 7.91. The van der Waals surface area contributed by atoms with E-state index in [-0.39, 0.29) is 11.3 Å². The van der Waals surface area contributed by atoms with E-state index >= 15 is 0 Å². The maximum atomic E-state index is 12.7. The standard InChI is InChI=1S/C15H23F3N4/c1-14(4-5-19-9-14)10-22-6-2-3-11(8-22)12-7-13(21-20-12)15(16,17)18/h7,11,19H,2-6,8-10H2,1H3,(H,20,21). The Morgan fingerprint density at radius 2 is 2.27 bits per heavy atom. The van der Waals surface area contributed by atoms with Gasteiger partial charge in [0, 0.05) is 31.2 Å². The van der Waals surface area contributed by atoms with Crippen molar-refractivity contribution < 1.29 is 13.2 Å². The van der Waals surface area contributed by atoms with E-state index in [4.69, 9.17) is 0 Å². The third-order valence-electron chi connectivity index (χ3n) is 4.90. The van der Waals surface area contributed by atoms with Crippen LogP contribution in [0.2, 0.25) is 0 Å². The molecule has 0 aliphatic carbocycles. The van der Waals surface area contributed by atoms with Gasteiger partial charge in [0.25, 0.3) is 0 Å². The highest BCUT2D eigenvalue weighted by atomic mass is 19.4. The fourth-order valence-electron chi connectivity index (χ4n) is 3.69. The van der Waals surface area contributed by atoms with Gasteiger partial charge in [0.2, 0.25) is 0 Å². The molecule has 0 saturated carbocycles. The second-order valence-corrected chi connectivity index (χ2v) is 7.02. The van der Waals surface area contributed by atoms with Crippen LogP contribution in [0.1, 0.15) is 43.5 Å². The number of aromatic amines is 1. The van der Waals surface area contributed by atoms with Crippen molar-refractivity contribution in [2.24, 2.45) is 5.41 Å². The van der Waals surface area contributed by atoms with Crippen LogP contribution in [-0.2, 0) is 6.18 Å². The lowest BCUT2D eigenvalue weighted by molar-refractivity contribution is -0.141. The van der Waals surface area contributed by atoms with E-state index < -0.39 is 11.9 Å². The van der Waals surface area contributed by atoms with Crippen molar-refractivity contribution in [2.45, 2.75) is 38.3 Å². The van der Waals surface area contributed by atoms with Crippen LogP contribution in [0.3, 0.4) is 0 Å². The van der Waals surface area contributed by atoms with Crippen LogP contribution in [0, 0.1) is 5.41 Å². The smallest absolute Gasteiger partial charge is 0.316 e. The van der Waals surface area contributed by atoms with Gasteiger partial charge in [0.05, 0.1) is 0 Å². The minimum atomic E-state index is -4.37. The van der Waals surface area contributed by atoms with Crippen molar-refractivity contribution in [3.63, 3.8) is 0 Å². The molecule has 124 valence electrons. The summed E-state index contributed by atoms with van der Waals surface area (Å²) in [6.45, 7) is 7.23. The van der Waals surface area contributed by atoms with Crippen LogP contribution in [-0.4, -0.2) is 47.8 Å². The third-order valence-corrected chi connectivity index (χ3v) is 4.90. The molecule has 1 aromatic heterocycles. The summed E-state index contributed by atoms with van der Waals surface area (Å²) >= 11 is 0. The zero-order valence-electron chi connectivity index (χ0n) is 12.8. The monoisotopic (exact) mass is 316 g/mol. The first-order valence-electron chi connectivity index (χ1n) is 7.91. The minimum absolute atomic E-state index is 0.121. The Bertz CT molecular complexity index is 505. The maximum absolute atomic E-state index is 12.7. The van der Waals surface area contributed by atoms with Crippen LogP contribution >= 0.6 is 0 Å². The molecule has 22 heavy (non-hydrogen) atoms. The summed E-state index contributed by atoms with van der Waals surface area (Å²) < 4.78 is 38.0. The number of nitrogens with one attached hydrogen (secondary N) is 2. The summed E-state index contributed by atoms with van der Waals surface area (Å²) in [6.07, 6.45) is -1.26. The van der Waals surface area contributed by atoms with Gasteiger partial charge < -0.3 is 10.2 Å². The molecule has 2 aliphatic rings. The number of alkyl halides is 3. The molecule has 2 atom stereocenters. The molecule has 0 spiro atoms. The second kappa shape index (κ2) is 5.85. The molecule has 3 heterocycles. The van der Waals surface area contributed by atoms with Gasteiger partial charge in [-0.2, -0.15) is 18.3 Å². The summed E-state index contributed by atoms with van der Waals surface area (Å²) in [5.41, 5.74) is 0.0887. The van der Waals surface area contributed by atoms with Gasteiger partial charge in [-0.3, -0.25) is 5.10 Å². The van der Waals surface area contributed by atoms with E-state index in [1.54, 1.807) is 0 Å². The molecule has 0 amide bonds. The average molecular weight is 316 g/mol. The number of rotatable bonds is 3. The number of H-pyrrole nitrogens is 1. The van der Waals surface area contributed by atoms with E-state index in [1.807, 2.05) is 0 Å². The molecule has 2 unspecified atom stereocenters. The van der Waals surface area contributed by atoms with Gasteiger partial charge in [-0.15, -0.1) is 0 Å². The fourth-order valence-corrected chi connectivity index (χ4v) is 3.69. The van der Waals surface area contributed by atoms with Gasteiger partial charge in [0.15, 0.2) is 5.69 Å². The topological polar surface area (TPSA) is 44.0 Å². The van der Waals surface area contributed by atoms with Crippen molar-refractivity contribution in [1.29, 1.82) is 0 Å². The molecule has 3 rings (SSSR count). The Labute approximate surface area is 128 Å². The van der Waals surface area contributed by atoms with Crippen molar-refractivity contribution in [3.05, 3.63) is 17.5 Å². The number of piperidine rings is 1. The Hall–Kier alpha value is -1.08. The SMILES string of the molecule is CC1(CN2CCCC(c3cc(C(F)(F)F)n[nH]3)C2)CCNC1. The largest absolute Gasteiger partial charge is 0.435 e. The first-order chi connectivity index (χ1) is 10.4. The highest BCUT2D eigenvalue weighted by Crippen LogP contribution is 2.33. The van der Waals surface area contributed by atoms with Gasteiger partial charge in [-0.05, 0) is 43.8 Å². The predicted octanol–water partition coefficient (Wildman–Crippen LogP) is 2.61. The highest BCUT2D eigenvalue weighted by molar-refractivity contribution is 5.16. The number of hydrogen-bond donors (Lipinski definition) is 2. The molecule has 0 radical (unpaired) electrons. The molecular weight excluding hydrogens is 293 g/mol. The second-order valence-electron chi connectivity index (χ2n) is 7.02. The van der Waals surface area contributed by atoms with Crippen LogP contribution in [0.15, 0.2) is 6.07 Å². The van der Waals surface area contributed by atoms with Crippen molar-refractivity contribution in [2.75, 3.05) is 32.7 Å². The van der Waals surface area contributed by atoms with Crippen LogP contribution in [0.25, 0.3) is 0 Å². The number of nitrogens with zero attached hydrogens (tertiary/aromatic N) is 2. The molecule has 2 saturated heterocycles. The van der Waals surface area contributed by atoms with Gasteiger partial charge in [0.1, 0.15) is 0 Å². The van der Waals surface area contributed by atoms with Gasteiger partial charge in [-0.1, -0.05) is 6.92 Å². The van der Waals surface area contributed by atoms with E-state index in [1.165, 1.54) is 6.07 Å². The summed E-state index contributed by atoms with van der Waals surface area (Å²) in [5, 5.41) is 9.42. The van der Waals surface area contributed by atoms with Crippen molar-refractivity contribution in [3.8, 4) is 0 Å². The molecule has 7 heteroatoms. The number of hydrogen-bond acceptors (Lipinski definition) is 3. The van der Waals surface area contributed by atoms with Crippen molar-refractivity contribution >= 4 is 0 Å². The fraction of sp³-hybridized carbons (Fsp3) is 0.800.